The fraction of sp³-hybridized carbons (Fsp3) is 0.182. The Morgan fingerprint density at radius 3 is 2.41 bits per heavy atom. The lowest BCUT2D eigenvalue weighted by molar-refractivity contribution is 0.474. The Hall–Kier alpha value is -2.76. The van der Waals surface area contributed by atoms with Crippen LogP contribution in [-0.2, 0) is 13.1 Å². The number of aromatic hydroxyl groups is 1. The van der Waals surface area contributed by atoms with Crippen LogP contribution in [0.25, 0.3) is 11.0 Å². The summed E-state index contributed by atoms with van der Waals surface area (Å²) in [4.78, 5) is 4.65. The largest absolute Gasteiger partial charge is 0.508 e. The molecule has 5 nitrogen and oxygen atoms in total. The third-order valence-corrected chi connectivity index (χ3v) is 5.99. The van der Waals surface area contributed by atoms with Crippen molar-refractivity contribution in [1.82, 2.24) is 14.1 Å². The number of phenolic OH excluding ortho intramolecular Hbond substituents is 1. The van der Waals surface area contributed by atoms with E-state index in [1.807, 2.05) is 38.1 Å². The van der Waals surface area contributed by atoms with Gasteiger partial charge in [-0.1, -0.05) is 41.4 Å². The summed E-state index contributed by atoms with van der Waals surface area (Å²) in [6.45, 7) is 4.95. The minimum absolute atomic E-state index is 0.207. The van der Waals surface area contributed by atoms with Crippen molar-refractivity contribution in [3.8, 4) is 5.75 Å². The molecule has 0 spiro atoms. The summed E-state index contributed by atoms with van der Waals surface area (Å²) in [5.74, 6) is 0.207. The van der Waals surface area contributed by atoms with E-state index in [1.165, 1.54) is 0 Å². The third kappa shape index (κ3) is 3.52. The molecule has 0 fully saturated rings. The second-order valence-corrected chi connectivity index (χ2v) is 7.90. The molecule has 0 aliphatic rings. The zero-order valence-electron chi connectivity index (χ0n) is 16.1. The lowest BCUT2D eigenvalue weighted by Gasteiger charge is -2.12. The van der Waals surface area contributed by atoms with Gasteiger partial charge in [-0.3, -0.25) is 5.41 Å². The van der Waals surface area contributed by atoms with Crippen molar-refractivity contribution < 1.29 is 5.11 Å². The Balaban J connectivity index is 1.82. The highest BCUT2D eigenvalue weighted by Gasteiger charge is 2.17. The van der Waals surface area contributed by atoms with Crippen LogP contribution in [0.15, 0.2) is 48.8 Å². The molecule has 0 saturated heterocycles. The van der Waals surface area contributed by atoms with Crippen LogP contribution in [0.3, 0.4) is 0 Å². The van der Waals surface area contributed by atoms with Gasteiger partial charge in [0.25, 0.3) is 0 Å². The number of nitrogens with zero attached hydrogens (tertiary/aromatic N) is 3. The van der Waals surface area contributed by atoms with Gasteiger partial charge in [-0.2, -0.15) is 0 Å². The molecular formula is C22H20Cl2N4O. The second kappa shape index (κ2) is 7.58. The van der Waals surface area contributed by atoms with Gasteiger partial charge in [0.15, 0.2) is 0 Å². The van der Waals surface area contributed by atoms with E-state index in [9.17, 15) is 5.11 Å². The van der Waals surface area contributed by atoms with E-state index in [4.69, 9.17) is 28.6 Å². The summed E-state index contributed by atoms with van der Waals surface area (Å²) < 4.78 is 3.82. The molecule has 0 unspecified atom stereocenters. The minimum Gasteiger partial charge on any atom is -0.508 e. The van der Waals surface area contributed by atoms with Crippen molar-refractivity contribution in [2.45, 2.75) is 26.9 Å². The van der Waals surface area contributed by atoms with E-state index in [0.29, 0.717) is 28.6 Å². The molecule has 2 heterocycles. The Morgan fingerprint density at radius 2 is 1.72 bits per heavy atom. The van der Waals surface area contributed by atoms with E-state index in [-0.39, 0.29) is 5.75 Å². The van der Waals surface area contributed by atoms with Crippen LogP contribution in [-0.4, -0.2) is 19.2 Å². The molecule has 2 aromatic carbocycles. The van der Waals surface area contributed by atoms with Gasteiger partial charge in [0.1, 0.15) is 16.9 Å². The quantitative estimate of drug-likeness (QED) is 0.479. The maximum atomic E-state index is 9.70. The van der Waals surface area contributed by atoms with E-state index < -0.39 is 0 Å². The molecule has 29 heavy (non-hydrogen) atoms. The molecule has 7 heteroatoms. The summed E-state index contributed by atoms with van der Waals surface area (Å²) in [5.41, 5.74) is 4.87. The van der Waals surface area contributed by atoms with Crippen LogP contribution in [0, 0.1) is 19.3 Å². The number of hydrogen-bond acceptors (Lipinski definition) is 3. The molecule has 0 aliphatic heterocycles. The number of aryl methyl sites for hydroxylation is 1. The van der Waals surface area contributed by atoms with Gasteiger partial charge in [-0.25, -0.2) is 4.98 Å². The number of fused-ring (bicyclic) bond motifs is 1. The number of phenols is 1. The van der Waals surface area contributed by atoms with Crippen molar-refractivity contribution >= 4 is 34.2 Å². The van der Waals surface area contributed by atoms with Crippen molar-refractivity contribution in [3.05, 3.63) is 86.7 Å². The Morgan fingerprint density at radius 1 is 1.03 bits per heavy atom. The molecule has 0 radical (unpaired) electrons. The lowest BCUT2D eigenvalue weighted by Crippen LogP contribution is -2.22. The maximum absolute atomic E-state index is 9.70. The second-order valence-electron chi connectivity index (χ2n) is 7.09. The Kier molecular flexibility index (Phi) is 5.11. The van der Waals surface area contributed by atoms with Gasteiger partial charge in [0.2, 0.25) is 0 Å². The van der Waals surface area contributed by atoms with Gasteiger partial charge in [-0.05, 0) is 49.2 Å². The van der Waals surface area contributed by atoms with Gasteiger partial charge in [-0.15, -0.1) is 0 Å². The fourth-order valence-electron chi connectivity index (χ4n) is 3.59. The highest BCUT2D eigenvalue weighted by molar-refractivity contribution is 6.36. The SMILES string of the molecule is Cc1c(C)n(Cc2c(Cl)cccc2Cl)c2ncn(Cc3cccc(O)c3)c(=N)c12. The summed E-state index contributed by atoms with van der Waals surface area (Å²) in [6.07, 6.45) is 1.66. The molecule has 0 bridgehead atoms. The number of halogens is 2. The minimum atomic E-state index is 0.207. The Labute approximate surface area is 178 Å². The van der Waals surface area contributed by atoms with Gasteiger partial charge in [0, 0.05) is 21.3 Å². The summed E-state index contributed by atoms with van der Waals surface area (Å²) in [5, 5.41) is 20.5. The van der Waals surface area contributed by atoms with Crippen LogP contribution >= 0.6 is 23.2 Å². The molecule has 148 valence electrons. The molecule has 4 rings (SSSR count). The molecule has 2 aromatic heterocycles. The molecule has 0 amide bonds. The average molecular weight is 427 g/mol. The van der Waals surface area contributed by atoms with Crippen molar-refractivity contribution in [3.63, 3.8) is 0 Å². The first-order chi connectivity index (χ1) is 13.9. The van der Waals surface area contributed by atoms with Gasteiger partial charge >= 0.3 is 0 Å². The molecule has 0 atom stereocenters. The number of benzene rings is 2. The molecule has 0 saturated carbocycles. The monoisotopic (exact) mass is 426 g/mol. The van der Waals surface area contributed by atoms with E-state index in [1.54, 1.807) is 29.1 Å². The zero-order valence-corrected chi connectivity index (χ0v) is 17.6. The van der Waals surface area contributed by atoms with Crippen LogP contribution in [0.4, 0.5) is 0 Å². The smallest absolute Gasteiger partial charge is 0.146 e. The topological polar surface area (TPSA) is 66.8 Å². The maximum Gasteiger partial charge on any atom is 0.146 e. The van der Waals surface area contributed by atoms with Crippen LogP contribution in [0.2, 0.25) is 10.0 Å². The van der Waals surface area contributed by atoms with Crippen LogP contribution in [0.1, 0.15) is 22.4 Å². The van der Waals surface area contributed by atoms with Crippen molar-refractivity contribution in [2.24, 2.45) is 0 Å². The first kappa shape index (κ1) is 19.6. The fourth-order valence-corrected chi connectivity index (χ4v) is 4.11. The van der Waals surface area contributed by atoms with Crippen LogP contribution in [0.5, 0.6) is 5.75 Å². The number of aromatic nitrogens is 3. The normalized spacial score (nSPS) is 11.3. The van der Waals surface area contributed by atoms with Crippen LogP contribution < -0.4 is 5.49 Å². The van der Waals surface area contributed by atoms with Crippen molar-refractivity contribution in [2.75, 3.05) is 0 Å². The standard InChI is InChI=1S/C22H20Cl2N4O/c1-13-14(2)28(11-17-18(23)7-4-8-19(17)24)22-20(13)21(25)27(12-26-22)10-15-5-3-6-16(29)9-15/h3-9,12,25,29H,10-11H2,1-2H3. The zero-order chi connectivity index (χ0) is 20.7. The molecule has 0 aliphatic carbocycles. The first-order valence-electron chi connectivity index (χ1n) is 9.17. The summed E-state index contributed by atoms with van der Waals surface area (Å²) >= 11 is 12.7. The van der Waals surface area contributed by atoms with E-state index >= 15 is 0 Å². The first-order valence-corrected chi connectivity index (χ1v) is 9.92. The highest BCUT2D eigenvalue weighted by atomic mass is 35.5. The number of nitrogens with one attached hydrogen (secondary N) is 1. The molecule has 2 N–H and O–H groups in total. The van der Waals surface area contributed by atoms with E-state index in [2.05, 4.69) is 9.55 Å². The molecular weight excluding hydrogens is 407 g/mol. The van der Waals surface area contributed by atoms with E-state index in [0.717, 1.165) is 33.4 Å². The predicted octanol–water partition coefficient (Wildman–Crippen LogP) is 5.04. The third-order valence-electron chi connectivity index (χ3n) is 5.29. The Bertz CT molecular complexity index is 1270. The number of rotatable bonds is 4. The van der Waals surface area contributed by atoms with Crippen molar-refractivity contribution in [1.29, 1.82) is 5.41 Å². The molecule has 4 aromatic rings. The number of hydrogen-bond donors (Lipinski definition) is 2. The summed E-state index contributed by atoms with van der Waals surface area (Å²) in [7, 11) is 0. The lowest BCUT2D eigenvalue weighted by atomic mass is 10.2. The summed E-state index contributed by atoms with van der Waals surface area (Å²) in [6, 6.07) is 12.5. The van der Waals surface area contributed by atoms with Gasteiger partial charge in [0.05, 0.1) is 24.8 Å². The predicted molar refractivity (Wildman–Crippen MR) is 116 cm³/mol. The average Bonchev–Trinajstić information content (AvgIpc) is 2.92. The van der Waals surface area contributed by atoms with Gasteiger partial charge < -0.3 is 14.2 Å². The highest BCUT2D eigenvalue weighted by Crippen LogP contribution is 2.28.